The first-order valence-electron chi connectivity index (χ1n) is 38.0. The first kappa shape index (κ1) is 85.0. The lowest BCUT2D eigenvalue weighted by Crippen LogP contribution is -2.47. The molecular weight excluding hydrogens is 1100 g/mol. The van der Waals surface area contributed by atoms with Crippen LogP contribution in [0.25, 0.3) is 0 Å². The number of hydrogen-bond donors (Lipinski definition) is 2. The summed E-state index contributed by atoms with van der Waals surface area (Å²) < 4.78 is 30.9. The second kappa shape index (κ2) is 66.9. The Hall–Kier alpha value is -2.03. The monoisotopic (exact) mass is 1240 g/mol. The summed E-state index contributed by atoms with van der Waals surface area (Å²) in [5, 5.41) is 3.08. The fraction of sp³-hybridized carbons (Fsp3) is 0.870. The Morgan fingerprint density at radius 1 is 0.402 bits per heavy atom. The third kappa shape index (κ3) is 68.2. The zero-order chi connectivity index (χ0) is 63.5. The summed E-state index contributed by atoms with van der Waals surface area (Å²) in [4.78, 5) is 38.0. The van der Waals surface area contributed by atoms with E-state index in [0.29, 0.717) is 23.9 Å². The molecule has 0 heterocycles. The van der Waals surface area contributed by atoms with E-state index in [-0.39, 0.29) is 25.1 Å². The van der Waals surface area contributed by atoms with Crippen molar-refractivity contribution in [2.24, 2.45) is 0 Å². The van der Waals surface area contributed by atoms with Crippen LogP contribution in [-0.4, -0.2) is 74.3 Å². The third-order valence-corrected chi connectivity index (χ3v) is 18.3. The van der Waals surface area contributed by atoms with E-state index in [1.165, 1.54) is 276 Å². The Labute approximate surface area is 541 Å². The molecule has 3 atom stereocenters. The van der Waals surface area contributed by atoms with Crippen molar-refractivity contribution in [3.63, 3.8) is 0 Å². The molecule has 0 saturated carbocycles. The van der Waals surface area contributed by atoms with E-state index in [2.05, 4.69) is 68.6 Å². The van der Waals surface area contributed by atoms with E-state index >= 15 is 0 Å². The lowest BCUT2D eigenvalue weighted by atomic mass is 10.0. The van der Waals surface area contributed by atoms with Crippen LogP contribution in [0.5, 0.6) is 0 Å². The van der Waals surface area contributed by atoms with E-state index in [1.54, 1.807) is 0 Å². The highest BCUT2D eigenvalue weighted by atomic mass is 31.2. The highest BCUT2D eigenvalue weighted by Crippen LogP contribution is 2.43. The number of likely N-dealkylation sites (N-methyl/N-ethyl adjacent to an activating group) is 1. The average molecular weight is 1250 g/mol. The number of nitrogens with one attached hydrogen (secondary N) is 1. The number of rotatable bonds is 70. The fourth-order valence-corrected chi connectivity index (χ4v) is 12.2. The van der Waals surface area contributed by atoms with Gasteiger partial charge in [0.25, 0.3) is 0 Å². The molecule has 0 bridgehead atoms. The van der Waals surface area contributed by atoms with Gasteiger partial charge in [0.1, 0.15) is 19.3 Å². The molecule has 0 aliphatic rings. The second-order valence-electron chi connectivity index (χ2n) is 27.2. The van der Waals surface area contributed by atoms with Gasteiger partial charge in [-0.25, -0.2) is 4.57 Å². The summed E-state index contributed by atoms with van der Waals surface area (Å²) in [6.45, 7) is 7.05. The van der Waals surface area contributed by atoms with Crippen LogP contribution in [0.15, 0.2) is 48.6 Å². The highest BCUT2D eigenvalue weighted by Gasteiger charge is 2.30. The number of esters is 1. The number of quaternary nitrogens is 1. The number of amides is 1. The number of unbranched alkanes of at least 4 members (excludes halogenated alkanes) is 48. The normalized spacial score (nSPS) is 13.7. The van der Waals surface area contributed by atoms with E-state index in [1.807, 2.05) is 27.2 Å². The summed E-state index contributed by atoms with van der Waals surface area (Å²) in [7, 11) is 1.51. The summed E-state index contributed by atoms with van der Waals surface area (Å²) in [5.74, 6) is -0.486. The number of carbonyl (C=O) groups is 2. The molecule has 512 valence electrons. The zero-order valence-electron chi connectivity index (χ0n) is 58.8. The molecule has 9 nitrogen and oxygen atoms in total. The van der Waals surface area contributed by atoms with Crippen molar-refractivity contribution in [3.8, 4) is 0 Å². The van der Waals surface area contributed by atoms with Gasteiger partial charge in [-0.05, 0) is 70.3 Å². The van der Waals surface area contributed by atoms with Crippen molar-refractivity contribution in [1.82, 2.24) is 5.32 Å². The Kier molecular flexibility index (Phi) is 65.3. The van der Waals surface area contributed by atoms with E-state index < -0.39 is 20.0 Å². The van der Waals surface area contributed by atoms with Crippen molar-refractivity contribution in [1.29, 1.82) is 0 Å². The van der Waals surface area contributed by atoms with Crippen molar-refractivity contribution in [2.75, 3.05) is 40.9 Å². The summed E-state index contributed by atoms with van der Waals surface area (Å²) in [6.07, 6.45) is 85.6. The molecule has 1 amide bonds. The van der Waals surface area contributed by atoms with Gasteiger partial charge in [-0.3, -0.25) is 18.6 Å². The Morgan fingerprint density at radius 3 is 1.07 bits per heavy atom. The van der Waals surface area contributed by atoms with Crippen molar-refractivity contribution >= 4 is 19.7 Å². The standard InChI is InChI=1S/C77H147N2O7P/c1-7-10-13-16-19-22-25-28-30-32-34-36-38-39-41-43-45-47-49-52-55-58-61-64-67-70-77(81)86-75(68-65-62-59-56-53-50-27-24-21-18-15-12-9-3)74(73-85-87(82,83)84-72-71-79(4,5)6)78-76(80)69-66-63-60-57-54-51-48-46-44-42-40-37-35-33-31-29-26-23-20-17-14-11-8-2/h19,22,28,30,34,36,65,68,74-75H,7-18,20-21,23-27,29,31-33,35,37-64,66-67,69-73H2,1-6H3,(H-,78,80,82,83)/p+1/b22-19-,30-28-,36-34-,68-65+. The predicted molar refractivity (Wildman–Crippen MR) is 379 cm³/mol. The van der Waals surface area contributed by atoms with Crippen LogP contribution in [0.4, 0.5) is 0 Å². The van der Waals surface area contributed by atoms with Gasteiger partial charge in [-0.2, -0.15) is 0 Å². The van der Waals surface area contributed by atoms with Gasteiger partial charge in [0.2, 0.25) is 5.91 Å². The van der Waals surface area contributed by atoms with Crippen LogP contribution >= 0.6 is 7.82 Å². The number of ether oxygens (including phenoxy) is 1. The smallest absolute Gasteiger partial charge is 0.456 e. The Morgan fingerprint density at radius 2 is 0.701 bits per heavy atom. The van der Waals surface area contributed by atoms with Crippen LogP contribution in [-0.2, 0) is 27.9 Å². The number of phosphoric ester groups is 1. The second-order valence-corrected chi connectivity index (χ2v) is 28.6. The lowest BCUT2D eigenvalue weighted by Gasteiger charge is -2.27. The van der Waals surface area contributed by atoms with Crippen molar-refractivity contribution in [2.45, 2.75) is 392 Å². The molecule has 0 saturated heterocycles. The zero-order valence-corrected chi connectivity index (χ0v) is 59.7. The van der Waals surface area contributed by atoms with Crippen LogP contribution in [0.2, 0.25) is 0 Å². The van der Waals surface area contributed by atoms with Gasteiger partial charge >= 0.3 is 13.8 Å². The molecule has 87 heavy (non-hydrogen) atoms. The van der Waals surface area contributed by atoms with Crippen LogP contribution in [0, 0.1) is 0 Å². The topological polar surface area (TPSA) is 111 Å². The van der Waals surface area contributed by atoms with Crippen molar-refractivity contribution in [3.05, 3.63) is 48.6 Å². The maximum absolute atomic E-state index is 13.6. The van der Waals surface area contributed by atoms with E-state index in [0.717, 1.165) is 70.6 Å². The SMILES string of the molecule is CCCCC/C=C\C/C=C\C/C=C\CCCCCCCCCCCCCCC(=O)OC(/C=C/CCCCCCCCCCCCC)C(COP(=O)(O)OCC[N+](C)(C)C)NC(=O)CCCCCCCCCCCCCCCCCCCCCCCCC. The van der Waals surface area contributed by atoms with Crippen LogP contribution in [0.1, 0.15) is 380 Å². The molecular formula is C77H148N2O7P+. The van der Waals surface area contributed by atoms with Gasteiger partial charge in [0.15, 0.2) is 0 Å². The van der Waals surface area contributed by atoms with Crippen molar-refractivity contribution < 1.29 is 37.3 Å². The quantitative estimate of drug-likeness (QED) is 0.0205. The molecule has 0 aromatic carbocycles. The van der Waals surface area contributed by atoms with Gasteiger partial charge in [0.05, 0.1) is 33.8 Å². The molecule has 10 heteroatoms. The maximum atomic E-state index is 13.6. The molecule has 0 aliphatic carbocycles. The highest BCUT2D eigenvalue weighted by molar-refractivity contribution is 7.47. The Balaban J connectivity index is 5.01. The third-order valence-electron chi connectivity index (χ3n) is 17.3. The van der Waals surface area contributed by atoms with Gasteiger partial charge < -0.3 is 19.4 Å². The van der Waals surface area contributed by atoms with E-state index in [9.17, 15) is 19.0 Å². The first-order chi connectivity index (χ1) is 42.4. The molecule has 0 aromatic heterocycles. The minimum absolute atomic E-state index is 0.0423. The number of hydrogen-bond acceptors (Lipinski definition) is 6. The number of allylic oxidation sites excluding steroid dienone is 7. The molecule has 0 rings (SSSR count). The van der Waals surface area contributed by atoms with Crippen LogP contribution in [0.3, 0.4) is 0 Å². The molecule has 2 N–H and O–H groups in total. The van der Waals surface area contributed by atoms with Gasteiger partial charge in [-0.1, -0.05) is 346 Å². The average Bonchev–Trinajstić information content (AvgIpc) is 3.70. The van der Waals surface area contributed by atoms with Gasteiger partial charge in [-0.15, -0.1) is 0 Å². The predicted octanol–water partition coefficient (Wildman–Crippen LogP) is 24.4. The first-order valence-corrected chi connectivity index (χ1v) is 39.5. The Bertz CT molecular complexity index is 1620. The lowest BCUT2D eigenvalue weighted by molar-refractivity contribution is -0.870. The maximum Gasteiger partial charge on any atom is 0.472 e. The largest absolute Gasteiger partial charge is 0.472 e. The number of nitrogens with zero attached hydrogens (tertiary/aromatic N) is 1. The summed E-state index contributed by atoms with van der Waals surface area (Å²) >= 11 is 0. The molecule has 0 spiro atoms. The molecule has 0 aliphatic heterocycles. The fourth-order valence-electron chi connectivity index (χ4n) is 11.4. The van der Waals surface area contributed by atoms with Crippen LogP contribution < -0.4 is 5.32 Å². The summed E-state index contributed by atoms with van der Waals surface area (Å²) in [5.41, 5.74) is 0. The molecule has 0 fully saturated rings. The molecule has 0 aromatic rings. The summed E-state index contributed by atoms with van der Waals surface area (Å²) in [6, 6.07) is -0.848. The minimum atomic E-state index is -4.46. The molecule has 3 unspecified atom stereocenters. The van der Waals surface area contributed by atoms with Gasteiger partial charge in [0, 0.05) is 12.8 Å². The minimum Gasteiger partial charge on any atom is -0.456 e. The number of carbonyl (C=O) groups excluding carboxylic acids is 2. The van der Waals surface area contributed by atoms with E-state index in [4.69, 9.17) is 13.8 Å². The number of phosphoric acid groups is 1. The molecule has 0 radical (unpaired) electrons.